The molecule has 0 aromatic carbocycles. The molecule has 0 amide bonds. The van der Waals surface area contributed by atoms with Crippen LogP contribution < -0.4 is 0 Å². The number of aliphatic hydroxyl groups is 1. The lowest BCUT2D eigenvalue weighted by atomic mass is 9.42. The van der Waals surface area contributed by atoms with E-state index in [0.29, 0.717) is 19.4 Å². The van der Waals surface area contributed by atoms with Crippen LogP contribution in [0.1, 0.15) is 66.7 Å². The van der Waals surface area contributed by atoms with Crippen LogP contribution >= 0.6 is 0 Å². The highest BCUT2D eigenvalue weighted by atomic mass is 16.6. The largest absolute Gasteiger partial charge is 0.498 e. The Balaban J connectivity index is 1.90. The fourth-order valence-corrected chi connectivity index (χ4v) is 6.98. The second-order valence-corrected chi connectivity index (χ2v) is 10.3. The summed E-state index contributed by atoms with van der Waals surface area (Å²) in [5.41, 5.74) is -4.07. The van der Waals surface area contributed by atoms with Gasteiger partial charge in [0.2, 0.25) is 0 Å². The first kappa shape index (κ1) is 19.9. The third kappa shape index (κ3) is 2.34. The van der Waals surface area contributed by atoms with E-state index in [4.69, 9.17) is 14.2 Å². The van der Waals surface area contributed by atoms with Crippen molar-refractivity contribution in [3.05, 3.63) is 12.3 Å². The predicted molar refractivity (Wildman–Crippen MR) is 101 cm³/mol. The van der Waals surface area contributed by atoms with Crippen LogP contribution in [0, 0.1) is 16.7 Å². The number of ketones is 1. The fourth-order valence-electron chi connectivity index (χ4n) is 6.98. The summed E-state index contributed by atoms with van der Waals surface area (Å²) in [6, 6.07) is 0. The number of hydrogen-bond donors (Lipinski definition) is 1. The Hall–Kier alpha value is -1.40. The number of Topliss-reactive ketones (excluding diaryl/α,β-unsaturated/α-hetero) is 1. The molecule has 0 bridgehead atoms. The maximum absolute atomic E-state index is 13.7. The lowest BCUT2D eigenvalue weighted by Gasteiger charge is -2.66. The summed E-state index contributed by atoms with van der Waals surface area (Å²) in [7, 11) is 0. The zero-order valence-electron chi connectivity index (χ0n) is 17.5. The summed E-state index contributed by atoms with van der Waals surface area (Å²) in [6.45, 7) is 9.60. The maximum atomic E-state index is 13.7. The topological polar surface area (TPSA) is 82.1 Å². The SMILES string of the molecule is CC(=O)O[C@H]1C(=O)[C@H]2C(C)(C)CCC[C@]2(C)[C@@]2(CC[C@@]3(C=COC3)O2)[C@@]1(C)O. The van der Waals surface area contributed by atoms with Crippen molar-refractivity contribution >= 4 is 11.8 Å². The van der Waals surface area contributed by atoms with E-state index in [1.165, 1.54) is 6.92 Å². The number of ether oxygens (including phenoxy) is 3. The molecule has 6 nitrogen and oxygen atoms in total. The quantitative estimate of drug-likeness (QED) is 0.691. The first-order valence-electron chi connectivity index (χ1n) is 10.3. The average Bonchev–Trinajstić information content (AvgIpc) is 3.19. The fraction of sp³-hybridized carbons (Fsp3) is 0.818. The van der Waals surface area contributed by atoms with Gasteiger partial charge in [0, 0.05) is 18.3 Å². The minimum Gasteiger partial charge on any atom is -0.498 e. The van der Waals surface area contributed by atoms with Crippen LogP contribution in [0.2, 0.25) is 0 Å². The number of hydrogen-bond acceptors (Lipinski definition) is 6. The van der Waals surface area contributed by atoms with Crippen LogP contribution in [0.3, 0.4) is 0 Å². The summed E-state index contributed by atoms with van der Waals surface area (Å²) in [4.78, 5) is 25.5. The highest BCUT2D eigenvalue weighted by Crippen LogP contribution is 2.68. The van der Waals surface area contributed by atoms with E-state index < -0.39 is 34.3 Å². The van der Waals surface area contributed by atoms with E-state index in [0.717, 1.165) is 19.3 Å². The molecule has 28 heavy (non-hydrogen) atoms. The zero-order chi connectivity index (χ0) is 20.6. The molecule has 0 aromatic heterocycles. The third-order valence-corrected chi connectivity index (χ3v) is 8.09. The summed E-state index contributed by atoms with van der Waals surface area (Å²) >= 11 is 0. The van der Waals surface area contributed by atoms with Gasteiger partial charge in [-0.05, 0) is 44.1 Å². The van der Waals surface area contributed by atoms with E-state index in [1.54, 1.807) is 13.2 Å². The molecule has 0 unspecified atom stereocenters. The highest BCUT2D eigenvalue weighted by Gasteiger charge is 2.77. The number of carbonyl (C=O) groups is 2. The molecule has 0 aromatic rings. The minimum atomic E-state index is -1.63. The Morgan fingerprint density at radius 3 is 2.50 bits per heavy atom. The average molecular weight is 392 g/mol. The molecule has 0 radical (unpaired) electrons. The Morgan fingerprint density at radius 1 is 1.18 bits per heavy atom. The predicted octanol–water partition coefficient (Wildman–Crippen LogP) is 2.92. The van der Waals surface area contributed by atoms with Crippen molar-refractivity contribution < 1.29 is 28.9 Å². The van der Waals surface area contributed by atoms with Gasteiger partial charge in [0.15, 0.2) is 11.9 Å². The van der Waals surface area contributed by atoms with E-state index in [9.17, 15) is 14.7 Å². The molecule has 2 heterocycles. The minimum absolute atomic E-state index is 0.180. The Labute approximate surface area is 166 Å². The molecule has 2 saturated carbocycles. The van der Waals surface area contributed by atoms with Gasteiger partial charge in [-0.15, -0.1) is 0 Å². The first-order chi connectivity index (χ1) is 12.9. The molecular formula is C22H32O6. The highest BCUT2D eigenvalue weighted by molar-refractivity contribution is 5.92. The number of rotatable bonds is 1. The van der Waals surface area contributed by atoms with Crippen LogP contribution in [0.5, 0.6) is 0 Å². The second kappa shape index (κ2) is 5.82. The lowest BCUT2D eigenvalue weighted by Crippen LogP contribution is -2.78. The molecule has 156 valence electrons. The molecular weight excluding hydrogens is 360 g/mol. The van der Waals surface area contributed by atoms with Gasteiger partial charge in [-0.2, -0.15) is 0 Å². The monoisotopic (exact) mass is 392 g/mol. The van der Waals surface area contributed by atoms with Gasteiger partial charge in [-0.1, -0.05) is 27.2 Å². The summed E-state index contributed by atoms with van der Waals surface area (Å²) in [5, 5.41) is 11.8. The van der Waals surface area contributed by atoms with E-state index in [1.807, 2.05) is 6.08 Å². The van der Waals surface area contributed by atoms with Gasteiger partial charge >= 0.3 is 5.97 Å². The van der Waals surface area contributed by atoms with E-state index >= 15 is 0 Å². The van der Waals surface area contributed by atoms with Crippen LogP contribution in [0.4, 0.5) is 0 Å². The Kier molecular flexibility index (Phi) is 4.13. The maximum Gasteiger partial charge on any atom is 0.303 e. The summed E-state index contributed by atoms with van der Waals surface area (Å²) in [5.74, 6) is -1.11. The molecule has 2 spiro atoms. The second-order valence-electron chi connectivity index (χ2n) is 10.3. The molecule has 2 aliphatic heterocycles. The van der Waals surface area contributed by atoms with Gasteiger partial charge in [-0.3, -0.25) is 9.59 Å². The van der Waals surface area contributed by atoms with Crippen molar-refractivity contribution in [3.63, 3.8) is 0 Å². The van der Waals surface area contributed by atoms with Crippen LogP contribution in [-0.4, -0.2) is 46.4 Å². The van der Waals surface area contributed by atoms with E-state index in [-0.39, 0.29) is 17.1 Å². The van der Waals surface area contributed by atoms with Crippen molar-refractivity contribution in [1.82, 2.24) is 0 Å². The van der Waals surface area contributed by atoms with E-state index in [2.05, 4.69) is 20.8 Å². The van der Waals surface area contributed by atoms with Crippen molar-refractivity contribution in [2.24, 2.45) is 16.7 Å². The normalized spacial score (nSPS) is 49.3. The van der Waals surface area contributed by atoms with Gasteiger partial charge in [0.25, 0.3) is 0 Å². The molecule has 6 heteroatoms. The van der Waals surface area contributed by atoms with Gasteiger partial charge in [0.05, 0.1) is 6.26 Å². The van der Waals surface area contributed by atoms with Crippen molar-refractivity contribution in [2.45, 2.75) is 89.6 Å². The molecule has 3 fully saturated rings. The summed E-state index contributed by atoms with van der Waals surface area (Å²) in [6.07, 6.45) is 6.28. The van der Waals surface area contributed by atoms with Crippen LogP contribution in [0.15, 0.2) is 12.3 Å². The van der Waals surface area contributed by atoms with Crippen molar-refractivity contribution in [2.75, 3.05) is 6.61 Å². The van der Waals surface area contributed by atoms with Crippen LogP contribution in [-0.2, 0) is 23.8 Å². The zero-order valence-corrected chi connectivity index (χ0v) is 17.5. The molecule has 1 N–H and O–H groups in total. The lowest BCUT2D eigenvalue weighted by molar-refractivity contribution is -0.305. The van der Waals surface area contributed by atoms with Gasteiger partial charge in [-0.25, -0.2) is 0 Å². The van der Waals surface area contributed by atoms with Gasteiger partial charge < -0.3 is 19.3 Å². The smallest absolute Gasteiger partial charge is 0.303 e. The molecule has 6 atom stereocenters. The Bertz CT molecular complexity index is 739. The third-order valence-electron chi connectivity index (χ3n) is 8.09. The first-order valence-corrected chi connectivity index (χ1v) is 10.3. The molecule has 4 aliphatic rings. The number of fused-ring (bicyclic) bond motifs is 2. The number of esters is 1. The molecule has 2 aliphatic carbocycles. The standard InChI is InChI=1S/C22H32O6/c1-14(23)27-17-15(24)16-18(2,3)7-6-8-19(16,4)22(20(17,5)25)10-9-21(28-22)11-12-26-13-21/h11-12,16-17,25H,6-10,13H2,1-5H3/t16-,17-,19-,20-,21-,22-/m0/s1. The van der Waals surface area contributed by atoms with Gasteiger partial charge in [0.1, 0.15) is 23.4 Å². The van der Waals surface area contributed by atoms with Crippen molar-refractivity contribution in [1.29, 1.82) is 0 Å². The molecule has 1 saturated heterocycles. The number of carbonyl (C=O) groups excluding carboxylic acids is 2. The summed E-state index contributed by atoms with van der Waals surface area (Å²) < 4.78 is 17.7. The molecule has 4 rings (SSSR count). The Morgan fingerprint density at radius 2 is 1.89 bits per heavy atom. The van der Waals surface area contributed by atoms with Crippen LogP contribution in [0.25, 0.3) is 0 Å². The van der Waals surface area contributed by atoms with Crippen molar-refractivity contribution in [3.8, 4) is 0 Å².